The topological polar surface area (TPSA) is 75.3 Å². The molecule has 0 aliphatic heterocycles. The SMILES string of the molecule is Cc1cccc(NS(=O)(=O)c2cc(C(=O)Nc3cccc(Cl)c3C)ccc2Cl)c1. The summed E-state index contributed by atoms with van der Waals surface area (Å²) in [6.45, 7) is 3.63. The Morgan fingerprint density at radius 2 is 1.62 bits per heavy atom. The number of sulfonamides is 1. The van der Waals surface area contributed by atoms with Crippen molar-refractivity contribution in [2.45, 2.75) is 18.7 Å². The van der Waals surface area contributed by atoms with Gasteiger partial charge in [0.25, 0.3) is 15.9 Å². The molecule has 0 saturated heterocycles. The third-order valence-corrected chi connectivity index (χ3v) is 6.54. The monoisotopic (exact) mass is 448 g/mol. The molecule has 3 rings (SSSR count). The van der Waals surface area contributed by atoms with Crippen LogP contribution >= 0.6 is 23.2 Å². The number of carbonyl (C=O) groups excluding carboxylic acids is 1. The van der Waals surface area contributed by atoms with Crippen molar-refractivity contribution in [3.05, 3.63) is 87.4 Å². The zero-order chi connectivity index (χ0) is 21.2. The summed E-state index contributed by atoms with van der Waals surface area (Å²) in [6.07, 6.45) is 0. The van der Waals surface area contributed by atoms with Crippen LogP contribution in [0.3, 0.4) is 0 Å². The van der Waals surface area contributed by atoms with Crippen molar-refractivity contribution in [1.82, 2.24) is 0 Å². The lowest BCUT2D eigenvalue weighted by atomic mass is 10.1. The van der Waals surface area contributed by atoms with E-state index in [4.69, 9.17) is 23.2 Å². The molecule has 0 heterocycles. The summed E-state index contributed by atoms with van der Waals surface area (Å²) in [6, 6.07) is 16.2. The maximum absolute atomic E-state index is 12.8. The molecule has 0 spiro atoms. The fourth-order valence-electron chi connectivity index (χ4n) is 2.71. The van der Waals surface area contributed by atoms with E-state index in [1.165, 1.54) is 18.2 Å². The third-order valence-electron chi connectivity index (χ3n) is 4.27. The smallest absolute Gasteiger partial charge is 0.263 e. The second kappa shape index (κ2) is 8.45. The molecule has 3 aromatic carbocycles. The largest absolute Gasteiger partial charge is 0.322 e. The average molecular weight is 449 g/mol. The first-order chi connectivity index (χ1) is 13.7. The molecule has 0 aliphatic rings. The fourth-order valence-corrected chi connectivity index (χ4v) is 4.46. The van der Waals surface area contributed by atoms with Gasteiger partial charge in [0.2, 0.25) is 0 Å². The Morgan fingerprint density at radius 1 is 0.897 bits per heavy atom. The summed E-state index contributed by atoms with van der Waals surface area (Å²) in [5, 5.41) is 3.27. The van der Waals surface area contributed by atoms with E-state index in [2.05, 4.69) is 10.0 Å². The third kappa shape index (κ3) is 4.90. The quantitative estimate of drug-likeness (QED) is 0.528. The predicted molar refractivity (Wildman–Crippen MR) is 118 cm³/mol. The minimum absolute atomic E-state index is 0.0145. The highest BCUT2D eigenvalue weighted by molar-refractivity contribution is 7.92. The van der Waals surface area contributed by atoms with Crippen LogP contribution in [0.2, 0.25) is 10.0 Å². The zero-order valence-electron chi connectivity index (χ0n) is 15.7. The molecule has 0 radical (unpaired) electrons. The second-order valence-corrected chi connectivity index (χ2v) is 8.95. The zero-order valence-corrected chi connectivity index (χ0v) is 18.0. The summed E-state index contributed by atoms with van der Waals surface area (Å²) in [7, 11) is -3.99. The lowest BCUT2D eigenvalue weighted by Crippen LogP contribution is -2.17. The molecule has 29 heavy (non-hydrogen) atoms. The standard InChI is InChI=1S/C21H18Cl2N2O3S/c1-13-5-3-6-16(11-13)25-29(27,28)20-12-15(9-10-18(20)23)21(26)24-19-8-4-7-17(22)14(19)2/h3-12,25H,1-2H3,(H,24,26). The number of aryl methyl sites for hydroxylation is 1. The summed E-state index contributed by atoms with van der Waals surface area (Å²) in [5.41, 5.74) is 2.72. The van der Waals surface area contributed by atoms with E-state index in [0.717, 1.165) is 5.56 Å². The van der Waals surface area contributed by atoms with Gasteiger partial charge in [0.05, 0.1) is 5.02 Å². The number of hydrogen-bond acceptors (Lipinski definition) is 3. The van der Waals surface area contributed by atoms with Gasteiger partial charge in [0.15, 0.2) is 0 Å². The van der Waals surface area contributed by atoms with E-state index in [1.54, 1.807) is 43.3 Å². The van der Waals surface area contributed by atoms with Gasteiger partial charge in [0.1, 0.15) is 4.90 Å². The lowest BCUT2D eigenvalue weighted by Gasteiger charge is -2.13. The predicted octanol–water partition coefficient (Wildman–Crippen LogP) is 5.66. The number of rotatable bonds is 5. The molecule has 0 unspecified atom stereocenters. The Labute approximate surface area is 179 Å². The van der Waals surface area contributed by atoms with Crippen LogP contribution in [0.1, 0.15) is 21.5 Å². The molecule has 150 valence electrons. The van der Waals surface area contributed by atoms with Gasteiger partial charge in [-0.3, -0.25) is 9.52 Å². The van der Waals surface area contributed by atoms with Crippen LogP contribution in [0.15, 0.2) is 65.6 Å². The first-order valence-electron chi connectivity index (χ1n) is 8.63. The number of nitrogens with one attached hydrogen (secondary N) is 2. The summed E-state index contributed by atoms with van der Waals surface area (Å²) in [4.78, 5) is 12.5. The van der Waals surface area contributed by atoms with E-state index >= 15 is 0 Å². The van der Waals surface area contributed by atoms with Crippen LogP contribution < -0.4 is 10.0 Å². The van der Waals surface area contributed by atoms with Crippen molar-refractivity contribution in [2.75, 3.05) is 10.0 Å². The van der Waals surface area contributed by atoms with Crippen molar-refractivity contribution in [1.29, 1.82) is 0 Å². The molecular weight excluding hydrogens is 431 g/mol. The number of anilines is 2. The Kier molecular flexibility index (Phi) is 6.17. The number of benzene rings is 3. The van der Waals surface area contributed by atoms with Crippen molar-refractivity contribution in [3.8, 4) is 0 Å². The molecule has 0 aliphatic carbocycles. The molecule has 0 bridgehead atoms. The molecule has 5 nitrogen and oxygen atoms in total. The summed E-state index contributed by atoms with van der Waals surface area (Å²) < 4.78 is 28.1. The molecule has 0 saturated carbocycles. The maximum atomic E-state index is 12.8. The van der Waals surface area contributed by atoms with Gasteiger partial charge in [-0.1, -0.05) is 41.4 Å². The first-order valence-corrected chi connectivity index (χ1v) is 10.9. The fraction of sp³-hybridized carbons (Fsp3) is 0.0952. The number of amides is 1. The van der Waals surface area contributed by atoms with Gasteiger partial charge in [0, 0.05) is 22.0 Å². The van der Waals surface area contributed by atoms with Crippen LogP contribution in [0, 0.1) is 13.8 Å². The summed E-state index contributed by atoms with van der Waals surface area (Å²) >= 11 is 12.2. The van der Waals surface area contributed by atoms with Gasteiger partial charge < -0.3 is 5.32 Å². The summed E-state index contributed by atoms with van der Waals surface area (Å²) in [5.74, 6) is -0.473. The lowest BCUT2D eigenvalue weighted by molar-refractivity contribution is 0.102. The van der Waals surface area contributed by atoms with E-state index < -0.39 is 15.9 Å². The van der Waals surface area contributed by atoms with Crippen LogP contribution in [0.5, 0.6) is 0 Å². The van der Waals surface area contributed by atoms with E-state index in [9.17, 15) is 13.2 Å². The van der Waals surface area contributed by atoms with E-state index in [0.29, 0.717) is 22.0 Å². The number of carbonyl (C=O) groups is 1. The second-order valence-electron chi connectivity index (χ2n) is 6.49. The highest BCUT2D eigenvalue weighted by atomic mass is 35.5. The molecule has 0 aromatic heterocycles. The van der Waals surface area contributed by atoms with Crippen LogP contribution in [0.25, 0.3) is 0 Å². The van der Waals surface area contributed by atoms with Crippen molar-refractivity contribution < 1.29 is 13.2 Å². The van der Waals surface area contributed by atoms with Crippen molar-refractivity contribution >= 4 is 50.5 Å². The van der Waals surface area contributed by atoms with E-state index in [1.807, 2.05) is 13.0 Å². The van der Waals surface area contributed by atoms with Gasteiger partial charge in [-0.05, 0) is 67.4 Å². The van der Waals surface area contributed by atoms with Gasteiger partial charge in [-0.15, -0.1) is 0 Å². The minimum Gasteiger partial charge on any atom is -0.322 e. The first kappa shape index (κ1) is 21.2. The van der Waals surface area contributed by atoms with Gasteiger partial charge >= 0.3 is 0 Å². The molecular formula is C21H18Cl2N2O3S. The van der Waals surface area contributed by atoms with Crippen LogP contribution in [0.4, 0.5) is 11.4 Å². The molecule has 2 N–H and O–H groups in total. The maximum Gasteiger partial charge on any atom is 0.263 e. The molecule has 0 fully saturated rings. The van der Waals surface area contributed by atoms with Crippen LogP contribution in [-0.2, 0) is 10.0 Å². The molecule has 8 heteroatoms. The van der Waals surface area contributed by atoms with Crippen molar-refractivity contribution in [2.24, 2.45) is 0 Å². The highest BCUT2D eigenvalue weighted by Gasteiger charge is 2.21. The molecule has 0 atom stereocenters. The van der Waals surface area contributed by atoms with Gasteiger partial charge in [-0.25, -0.2) is 8.42 Å². The number of hydrogen-bond donors (Lipinski definition) is 2. The van der Waals surface area contributed by atoms with Crippen LogP contribution in [-0.4, -0.2) is 14.3 Å². The average Bonchev–Trinajstić information content (AvgIpc) is 2.65. The molecule has 3 aromatic rings. The Balaban J connectivity index is 1.91. The van der Waals surface area contributed by atoms with Crippen molar-refractivity contribution in [3.63, 3.8) is 0 Å². The Hall–Kier alpha value is -2.54. The van der Waals surface area contributed by atoms with E-state index in [-0.39, 0.29) is 15.5 Å². The minimum atomic E-state index is -3.99. The molecule has 1 amide bonds. The van der Waals surface area contributed by atoms with Gasteiger partial charge in [-0.2, -0.15) is 0 Å². The highest BCUT2D eigenvalue weighted by Crippen LogP contribution is 2.27. The Morgan fingerprint density at radius 3 is 2.34 bits per heavy atom. The Bertz CT molecular complexity index is 1190. The number of halogens is 2. The normalized spacial score (nSPS) is 11.2.